The molecule has 0 saturated heterocycles. The molecule has 0 unspecified atom stereocenters. The number of hydrogen-bond donors (Lipinski definition) is 0. The molecule has 0 atom stereocenters. The van der Waals surface area contributed by atoms with Gasteiger partial charge in [-0.05, 0) is 47.5 Å². The van der Waals surface area contributed by atoms with Gasteiger partial charge < -0.3 is 9.64 Å². The van der Waals surface area contributed by atoms with Gasteiger partial charge >= 0.3 is 0 Å². The van der Waals surface area contributed by atoms with Gasteiger partial charge in [-0.3, -0.25) is 4.79 Å². The molecule has 1 aliphatic rings. The zero-order valence-corrected chi connectivity index (χ0v) is 12.2. The number of benzene rings is 1. The van der Waals surface area contributed by atoms with Crippen molar-refractivity contribution >= 4 is 21.8 Å². The van der Waals surface area contributed by atoms with Crippen molar-refractivity contribution in [3.8, 4) is 5.75 Å². The van der Waals surface area contributed by atoms with Crippen LogP contribution >= 0.6 is 15.9 Å². The normalized spacial score (nSPS) is 15.3. The Labute approximate surface area is 116 Å². The number of carbonyl (C=O) groups is 1. The summed E-state index contributed by atoms with van der Waals surface area (Å²) in [5, 5.41) is 0. The highest BCUT2D eigenvalue weighted by molar-refractivity contribution is 9.10. The third-order valence-corrected chi connectivity index (χ3v) is 3.64. The molecule has 0 spiro atoms. The Bertz CT molecular complexity index is 497. The molecule has 0 N–H and O–H groups in total. The Kier molecular flexibility index (Phi) is 4.07. The van der Waals surface area contributed by atoms with Gasteiger partial charge in [-0.1, -0.05) is 11.6 Å². The minimum atomic E-state index is 0.0748. The maximum absolute atomic E-state index is 12.3. The van der Waals surface area contributed by atoms with Gasteiger partial charge in [0.2, 0.25) is 0 Å². The third kappa shape index (κ3) is 2.75. The molecule has 0 aromatic heterocycles. The molecule has 1 aliphatic heterocycles. The summed E-state index contributed by atoms with van der Waals surface area (Å²) in [7, 11) is 1.61. The minimum absolute atomic E-state index is 0.0748. The van der Waals surface area contributed by atoms with Crippen molar-refractivity contribution < 1.29 is 9.53 Å². The van der Waals surface area contributed by atoms with Gasteiger partial charge in [-0.15, -0.1) is 0 Å². The highest BCUT2D eigenvalue weighted by Crippen LogP contribution is 2.26. The van der Waals surface area contributed by atoms with Gasteiger partial charge in [-0.2, -0.15) is 0 Å². The molecule has 0 bridgehead atoms. The Morgan fingerprint density at radius 3 is 2.83 bits per heavy atom. The Hall–Kier alpha value is -1.29. The average Bonchev–Trinajstić information content (AvgIpc) is 2.37. The van der Waals surface area contributed by atoms with Crippen molar-refractivity contribution in [3.05, 3.63) is 39.9 Å². The molecule has 1 heterocycles. The maximum atomic E-state index is 12.3. The molecule has 2 rings (SSSR count). The van der Waals surface area contributed by atoms with E-state index >= 15 is 0 Å². The lowest BCUT2D eigenvalue weighted by Crippen LogP contribution is -2.35. The van der Waals surface area contributed by atoms with E-state index in [1.807, 2.05) is 17.0 Å². The predicted octanol–water partition coefficient (Wildman–Crippen LogP) is 3.25. The lowest BCUT2D eigenvalue weighted by atomic mass is 10.1. The predicted molar refractivity (Wildman–Crippen MR) is 75.0 cm³/mol. The number of hydrogen-bond acceptors (Lipinski definition) is 2. The van der Waals surface area contributed by atoms with Crippen LogP contribution in [0.4, 0.5) is 0 Å². The molecule has 1 aromatic carbocycles. The number of rotatable bonds is 2. The van der Waals surface area contributed by atoms with Crippen molar-refractivity contribution in [1.82, 2.24) is 4.90 Å². The molecule has 96 valence electrons. The van der Waals surface area contributed by atoms with E-state index in [0.29, 0.717) is 5.56 Å². The van der Waals surface area contributed by atoms with E-state index in [0.717, 1.165) is 29.7 Å². The molecule has 18 heavy (non-hydrogen) atoms. The number of carbonyl (C=O) groups excluding carboxylic acids is 1. The van der Waals surface area contributed by atoms with Crippen molar-refractivity contribution in [1.29, 1.82) is 0 Å². The van der Waals surface area contributed by atoms with Crippen LogP contribution in [0, 0.1) is 0 Å². The van der Waals surface area contributed by atoms with Gasteiger partial charge in [0.25, 0.3) is 5.91 Å². The minimum Gasteiger partial charge on any atom is -0.496 e. The topological polar surface area (TPSA) is 29.5 Å². The molecular formula is C14H16BrNO2. The molecule has 0 saturated carbocycles. The highest BCUT2D eigenvalue weighted by atomic mass is 79.9. The monoisotopic (exact) mass is 309 g/mol. The van der Waals surface area contributed by atoms with Gasteiger partial charge in [0.1, 0.15) is 5.75 Å². The first-order valence-electron chi connectivity index (χ1n) is 5.90. The lowest BCUT2D eigenvalue weighted by Gasteiger charge is -2.26. The second kappa shape index (κ2) is 5.57. The van der Waals surface area contributed by atoms with Crippen molar-refractivity contribution in [2.75, 3.05) is 20.2 Å². The van der Waals surface area contributed by atoms with E-state index in [4.69, 9.17) is 4.74 Å². The first-order chi connectivity index (χ1) is 8.61. The van der Waals surface area contributed by atoms with Gasteiger partial charge in [0.15, 0.2) is 0 Å². The van der Waals surface area contributed by atoms with E-state index in [1.54, 1.807) is 13.2 Å². The van der Waals surface area contributed by atoms with Gasteiger partial charge in [0, 0.05) is 18.7 Å². The number of halogens is 1. The second-order valence-electron chi connectivity index (χ2n) is 4.42. The number of nitrogens with zero attached hydrogens (tertiary/aromatic N) is 1. The summed E-state index contributed by atoms with van der Waals surface area (Å²) >= 11 is 3.40. The molecule has 0 fully saturated rings. The summed E-state index contributed by atoms with van der Waals surface area (Å²) in [4.78, 5) is 14.2. The summed E-state index contributed by atoms with van der Waals surface area (Å²) in [5.74, 6) is 0.812. The fourth-order valence-electron chi connectivity index (χ4n) is 2.07. The molecule has 0 aliphatic carbocycles. The van der Waals surface area contributed by atoms with Crippen LogP contribution in [0.2, 0.25) is 0 Å². The van der Waals surface area contributed by atoms with Gasteiger partial charge in [-0.25, -0.2) is 0 Å². The zero-order valence-electron chi connectivity index (χ0n) is 10.6. The standard InChI is InChI=1S/C14H16BrNO2/c1-10-4-3-7-16(9-10)14(17)11-5-6-13(18-2)12(15)8-11/h4-6,8H,3,7,9H2,1-2H3. The fraction of sp³-hybridized carbons (Fsp3) is 0.357. The number of amides is 1. The van der Waals surface area contributed by atoms with E-state index in [1.165, 1.54) is 5.57 Å². The van der Waals surface area contributed by atoms with E-state index < -0.39 is 0 Å². The molecular weight excluding hydrogens is 294 g/mol. The SMILES string of the molecule is COc1ccc(C(=O)N2CCC=C(C)C2)cc1Br. The van der Waals surface area contributed by atoms with Crippen molar-refractivity contribution in [2.45, 2.75) is 13.3 Å². The van der Waals surface area contributed by atoms with E-state index in [9.17, 15) is 4.79 Å². The summed E-state index contributed by atoms with van der Waals surface area (Å²) < 4.78 is 5.97. The summed E-state index contributed by atoms with van der Waals surface area (Å²) in [6, 6.07) is 5.43. The molecule has 3 nitrogen and oxygen atoms in total. The Balaban J connectivity index is 2.19. The maximum Gasteiger partial charge on any atom is 0.254 e. The first-order valence-corrected chi connectivity index (χ1v) is 6.69. The average molecular weight is 310 g/mol. The van der Waals surface area contributed by atoms with E-state index in [2.05, 4.69) is 28.9 Å². The van der Waals surface area contributed by atoms with Crippen LogP contribution in [0.1, 0.15) is 23.7 Å². The van der Waals surface area contributed by atoms with Crippen LogP contribution in [-0.2, 0) is 0 Å². The molecule has 0 radical (unpaired) electrons. The van der Waals surface area contributed by atoms with Crippen molar-refractivity contribution in [3.63, 3.8) is 0 Å². The highest BCUT2D eigenvalue weighted by Gasteiger charge is 2.18. The van der Waals surface area contributed by atoms with Crippen LogP contribution < -0.4 is 4.74 Å². The molecule has 4 heteroatoms. The summed E-state index contributed by atoms with van der Waals surface area (Å²) in [5.41, 5.74) is 1.94. The molecule has 1 amide bonds. The van der Waals surface area contributed by atoms with Gasteiger partial charge in [0.05, 0.1) is 11.6 Å². The Morgan fingerprint density at radius 1 is 1.44 bits per heavy atom. The second-order valence-corrected chi connectivity index (χ2v) is 5.27. The first kappa shape index (κ1) is 13.1. The van der Waals surface area contributed by atoms with Crippen LogP contribution in [0.3, 0.4) is 0 Å². The number of ether oxygens (including phenoxy) is 1. The number of methoxy groups -OCH3 is 1. The zero-order chi connectivity index (χ0) is 13.1. The summed E-state index contributed by atoms with van der Waals surface area (Å²) in [6.45, 7) is 3.58. The third-order valence-electron chi connectivity index (χ3n) is 3.02. The van der Waals surface area contributed by atoms with E-state index in [-0.39, 0.29) is 5.91 Å². The Morgan fingerprint density at radius 2 is 2.22 bits per heavy atom. The quantitative estimate of drug-likeness (QED) is 0.785. The van der Waals surface area contributed by atoms with Crippen LogP contribution in [0.5, 0.6) is 5.75 Å². The largest absolute Gasteiger partial charge is 0.496 e. The fourth-order valence-corrected chi connectivity index (χ4v) is 2.61. The smallest absolute Gasteiger partial charge is 0.254 e. The summed E-state index contributed by atoms with van der Waals surface area (Å²) in [6.07, 6.45) is 3.13. The lowest BCUT2D eigenvalue weighted by molar-refractivity contribution is 0.0766. The van der Waals surface area contributed by atoms with Crippen LogP contribution in [-0.4, -0.2) is 31.0 Å². The molecule has 1 aromatic rings. The van der Waals surface area contributed by atoms with Crippen molar-refractivity contribution in [2.24, 2.45) is 0 Å². The van der Waals surface area contributed by atoms with Crippen LogP contribution in [0.25, 0.3) is 0 Å². The van der Waals surface area contributed by atoms with Crippen LogP contribution in [0.15, 0.2) is 34.3 Å².